The number of ether oxygens (including phenoxy) is 1. The summed E-state index contributed by atoms with van der Waals surface area (Å²) in [6.07, 6.45) is 7.17. The topological polar surface area (TPSA) is 26.5 Å². The second kappa shape index (κ2) is 5.35. The smallest absolute Gasteiger partial charge is 0.195 e. The minimum atomic E-state index is 0.896. The van der Waals surface area contributed by atoms with Gasteiger partial charge >= 0.3 is 0 Å². The van der Waals surface area contributed by atoms with Crippen LogP contribution >= 0.6 is 11.3 Å². The van der Waals surface area contributed by atoms with Gasteiger partial charge in [-0.05, 0) is 55.0 Å². The van der Waals surface area contributed by atoms with E-state index >= 15 is 0 Å². The standard InChI is InChI=1S/C20H18N2OS/c1-23-17-7-4-8-18-19(17)22-12-16(21-20(22)24-18)15-10-9-13-5-2-3-6-14(13)11-15/h4,7-12H,2-3,5-6H2,1H3. The van der Waals surface area contributed by atoms with Crippen LogP contribution in [0.5, 0.6) is 5.75 Å². The predicted molar refractivity (Wildman–Crippen MR) is 99.2 cm³/mol. The molecule has 4 heteroatoms. The van der Waals surface area contributed by atoms with Gasteiger partial charge in [0.15, 0.2) is 4.96 Å². The number of thiazole rings is 1. The number of para-hydroxylation sites is 1. The maximum absolute atomic E-state index is 5.54. The van der Waals surface area contributed by atoms with E-state index in [4.69, 9.17) is 9.72 Å². The lowest BCUT2D eigenvalue weighted by atomic mass is 9.90. The summed E-state index contributed by atoms with van der Waals surface area (Å²) in [5.74, 6) is 0.896. The average molecular weight is 334 g/mol. The zero-order valence-electron chi connectivity index (χ0n) is 13.6. The van der Waals surface area contributed by atoms with E-state index in [1.54, 1.807) is 18.4 Å². The Kier molecular flexibility index (Phi) is 3.13. The van der Waals surface area contributed by atoms with Crippen molar-refractivity contribution < 1.29 is 4.74 Å². The largest absolute Gasteiger partial charge is 0.495 e. The summed E-state index contributed by atoms with van der Waals surface area (Å²) in [4.78, 5) is 5.89. The quantitative estimate of drug-likeness (QED) is 0.509. The third-order valence-corrected chi connectivity index (χ3v) is 5.96. The van der Waals surface area contributed by atoms with Gasteiger partial charge in [0, 0.05) is 11.8 Å². The SMILES string of the molecule is COc1cccc2sc3nc(-c4ccc5c(c4)CCCC5)cn3c12. The zero-order chi connectivity index (χ0) is 16.1. The predicted octanol–water partition coefficient (Wildman–Crippen LogP) is 5.10. The van der Waals surface area contributed by atoms with E-state index in [2.05, 4.69) is 34.9 Å². The third-order valence-electron chi connectivity index (χ3n) is 4.94. The normalized spacial score (nSPS) is 14.2. The zero-order valence-corrected chi connectivity index (χ0v) is 14.4. The number of hydrogen-bond donors (Lipinski definition) is 0. The molecule has 0 amide bonds. The molecule has 0 saturated heterocycles. The Bertz CT molecular complexity index is 1060. The Morgan fingerprint density at radius 3 is 2.83 bits per heavy atom. The molecule has 0 aliphatic heterocycles. The van der Waals surface area contributed by atoms with E-state index in [-0.39, 0.29) is 0 Å². The Morgan fingerprint density at radius 1 is 1.08 bits per heavy atom. The molecule has 0 fully saturated rings. The Hall–Kier alpha value is -2.33. The molecule has 3 nitrogen and oxygen atoms in total. The van der Waals surface area contributed by atoms with Crippen LogP contribution in [0.15, 0.2) is 42.6 Å². The fraction of sp³-hybridized carbons (Fsp3) is 0.250. The molecule has 0 radical (unpaired) electrons. The number of rotatable bonds is 2. The van der Waals surface area contributed by atoms with E-state index < -0.39 is 0 Å². The van der Waals surface area contributed by atoms with Gasteiger partial charge in [0.05, 0.1) is 17.5 Å². The number of aryl methyl sites for hydroxylation is 2. The minimum Gasteiger partial charge on any atom is -0.495 e. The van der Waals surface area contributed by atoms with Crippen molar-refractivity contribution in [2.75, 3.05) is 7.11 Å². The van der Waals surface area contributed by atoms with Gasteiger partial charge in [-0.2, -0.15) is 0 Å². The fourth-order valence-electron chi connectivity index (χ4n) is 3.71. The maximum Gasteiger partial charge on any atom is 0.195 e. The van der Waals surface area contributed by atoms with E-state index in [9.17, 15) is 0 Å². The van der Waals surface area contributed by atoms with Crippen LogP contribution in [0.1, 0.15) is 24.0 Å². The van der Waals surface area contributed by atoms with Crippen LogP contribution in [0.2, 0.25) is 0 Å². The summed E-state index contributed by atoms with van der Waals surface area (Å²) in [7, 11) is 1.72. The molecule has 1 aliphatic carbocycles. The van der Waals surface area contributed by atoms with Crippen LogP contribution in [-0.2, 0) is 12.8 Å². The lowest BCUT2D eigenvalue weighted by Crippen LogP contribution is -2.02. The average Bonchev–Trinajstić information content (AvgIpc) is 3.18. The van der Waals surface area contributed by atoms with Crippen LogP contribution in [0.3, 0.4) is 0 Å². The van der Waals surface area contributed by atoms with Gasteiger partial charge in [0.25, 0.3) is 0 Å². The lowest BCUT2D eigenvalue weighted by Gasteiger charge is -2.15. The first-order valence-electron chi connectivity index (χ1n) is 8.40. The summed E-state index contributed by atoms with van der Waals surface area (Å²) < 4.78 is 8.90. The molecule has 0 spiro atoms. The summed E-state index contributed by atoms with van der Waals surface area (Å²) in [6.45, 7) is 0. The molecule has 0 atom stereocenters. The maximum atomic E-state index is 5.54. The van der Waals surface area contributed by atoms with Crippen molar-refractivity contribution in [3.63, 3.8) is 0 Å². The van der Waals surface area contributed by atoms with Crippen LogP contribution in [0.4, 0.5) is 0 Å². The van der Waals surface area contributed by atoms with Gasteiger partial charge < -0.3 is 4.74 Å². The number of hydrogen-bond acceptors (Lipinski definition) is 3. The van der Waals surface area contributed by atoms with Crippen LogP contribution in [0.25, 0.3) is 26.4 Å². The van der Waals surface area contributed by atoms with Crippen LogP contribution < -0.4 is 4.74 Å². The van der Waals surface area contributed by atoms with Crippen molar-refractivity contribution in [1.29, 1.82) is 0 Å². The Balaban J connectivity index is 1.68. The molecule has 0 bridgehead atoms. The molecule has 2 heterocycles. The molecule has 5 rings (SSSR count). The third kappa shape index (κ3) is 2.06. The first-order chi connectivity index (χ1) is 11.8. The van der Waals surface area contributed by atoms with E-state index in [0.717, 1.165) is 21.9 Å². The summed E-state index contributed by atoms with van der Waals surface area (Å²) in [5, 5.41) is 0. The Morgan fingerprint density at radius 2 is 1.96 bits per heavy atom. The molecule has 0 unspecified atom stereocenters. The number of benzene rings is 2. The molecule has 0 saturated carbocycles. The van der Waals surface area contributed by atoms with Gasteiger partial charge in [-0.15, -0.1) is 0 Å². The molecule has 24 heavy (non-hydrogen) atoms. The number of nitrogens with zero attached hydrogens (tertiary/aromatic N) is 2. The van der Waals surface area contributed by atoms with Gasteiger partial charge in [0.1, 0.15) is 11.3 Å². The molecule has 0 N–H and O–H groups in total. The number of fused-ring (bicyclic) bond motifs is 4. The van der Waals surface area contributed by atoms with Gasteiger partial charge in [-0.25, -0.2) is 4.98 Å². The van der Waals surface area contributed by atoms with Crippen molar-refractivity contribution in [2.45, 2.75) is 25.7 Å². The monoisotopic (exact) mass is 334 g/mol. The van der Waals surface area contributed by atoms with E-state index in [1.165, 1.54) is 47.1 Å². The second-order valence-corrected chi connectivity index (χ2v) is 7.39. The molecule has 2 aromatic carbocycles. The van der Waals surface area contributed by atoms with E-state index in [0.29, 0.717) is 0 Å². The molecule has 1 aliphatic rings. The highest BCUT2D eigenvalue weighted by Crippen LogP contribution is 2.35. The van der Waals surface area contributed by atoms with Gasteiger partial charge in [-0.3, -0.25) is 4.40 Å². The molecule has 2 aromatic heterocycles. The number of methoxy groups -OCH3 is 1. The highest BCUT2D eigenvalue weighted by molar-refractivity contribution is 7.23. The summed E-state index contributed by atoms with van der Waals surface area (Å²) >= 11 is 1.71. The first kappa shape index (κ1) is 14.1. The summed E-state index contributed by atoms with van der Waals surface area (Å²) in [6, 6.07) is 13.0. The van der Waals surface area contributed by atoms with Crippen molar-refractivity contribution in [2.24, 2.45) is 0 Å². The molecule has 120 valence electrons. The lowest BCUT2D eigenvalue weighted by molar-refractivity contribution is 0.418. The van der Waals surface area contributed by atoms with Gasteiger partial charge in [-0.1, -0.05) is 29.5 Å². The Labute approximate surface area is 144 Å². The van der Waals surface area contributed by atoms with Crippen molar-refractivity contribution in [3.8, 4) is 17.0 Å². The highest BCUT2D eigenvalue weighted by atomic mass is 32.1. The first-order valence-corrected chi connectivity index (χ1v) is 9.22. The molecule has 4 aromatic rings. The molecular weight excluding hydrogens is 316 g/mol. The van der Waals surface area contributed by atoms with Crippen LogP contribution in [0, 0.1) is 0 Å². The van der Waals surface area contributed by atoms with Crippen molar-refractivity contribution >= 4 is 26.5 Å². The highest BCUT2D eigenvalue weighted by Gasteiger charge is 2.15. The minimum absolute atomic E-state index is 0.896. The number of imidazole rings is 1. The van der Waals surface area contributed by atoms with Crippen molar-refractivity contribution in [1.82, 2.24) is 9.38 Å². The number of aromatic nitrogens is 2. The van der Waals surface area contributed by atoms with E-state index in [1.807, 2.05) is 12.1 Å². The fourth-order valence-corrected chi connectivity index (χ4v) is 4.74. The molecular formula is C20H18N2OS. The summed E-state index contributed by atoms with van der Waals surface area (Å²) in [5.41, 5.74) is 6.38. The van der Waals surface area contributed by atoms with Crippen molar-refractivity contribution in [3.05, 3.63) is 53.7 Å². The van der Waals surface area contributed by atoms with Crippen LogP contribution in [-0.4, -0.2) is 16.5 Å². The second-order valence-electron chi connectivity index (χ2n) is 6.38. The van der Waals surface area contributed by atoms with Gasteiger partial charge in [0.2, 0.25) is 0 Å².